The van der Waals surface area contributed by atoms with E-state index >= 15 is 0 Å². The number of rotatable bonds is 2. The Morgan fingerprint density at radius 3 is 2.47 bits per heavy atom. The van der Waals surface area contributed by atoms with Crippen molar-refractivity contribution in [2.75, 3.05) is 0 Å². The van der Waals surface area contributed by atoms with Crippen LogP contribution in [0.2, 0.25) is 5.02 Å². The largest absolute Gasteiger partial charge is 0.320 e. The molecule has 0 aliphatic rings. The second-order valence-electron chi connectivity index (χ2n) is 4.00. The van der Waals surface area contributed by atoms with E-state index in [4.69, 9.17) is 17.3 Å². The molecular weight excluding hydrogens is 237 g/mol. The van der Waals surface area contributed by atoms with Gasteiger partial charge < -0.3 is 5.73 Å². The van der Waals surface area contributed by atoms with Gasteiger partial charge in [0.1, 0.15) is 5.82 Å². The van der Waals surface area contributed by atoms with Gasteiger partial charge in [-0.25, -0.2) is 4.39 Å². The number of benzene rings is 2. The maximum atomic E-state index is 13.6. The van der Waals surface area contributed by atoms with Gasteiger partial charge in [-0.1, -0.05) is 35.9 Å². The third kappa shape index (κ3) is 2.48. The van der Waals surface area contributed by atoms with Crippen LogP contribution in [0.5, 0.6) is 0 Å². The van der Waals surface area contributed by atoms with Crippen LogP contribution in [0, 0.1) is 12.7 Å². The Labute approximate surface area is 105 Å². The Balaban J connectivity index is 2.44. The maximum absolute atomic E-state index is 13.6. The minimum atomic E-state index is -0.464. The smallest absolute Gasteiger partial charge is 0.128 e. The summed E-state index contributed by atoms with van der Waals surface area (Å²) >= 11 is 5.88. The SMILES string of the molecule is Cc1cc(Cl)ccc1C(N)c1ccccc1F. The van der Waals surface area contributed by atoms with Crippen LogP contribution in [0.1, 0.15) is 22.7 Å². The second-order valence-corrected chi connectivity index (χ2v) is 4.44. The number of aryl methyl sites for hydroxylation is 1. The Bertz CT molecular complexity index is 539. The third-order valence-corrected chi connectivity index (χ3v) is 3.04. The van der Waals surface area contributed by atoms with Crippen LogP contribution in [0.3, 0.4) is 0 Å². The lowest BCUT2D eigenvalue weighted by Crippen LogP contribution is -2.14. The maximum Gasteiger partial charge on any atom is 0.128 e. The summed E-state index contributed by atoms with van der Waals surface area (Å²) in [4.78, 5) is 0. The Hall–Kier alpha value is -1.38. The van der Waals surface area contributed by atoms with Gasteiger partial charge in [-0.15, -0.1) is 0 Å². The minimum Gasteiger partial charge on any atom is -0.320 e. The van der Waals surface area contributed by atoms with Crippen molar-refractivity contribution in [1.82, 2.24) is 0 Å². The van der Waals surface area contributed by atoms with Crippen LogP contribution >= 0.6 is 11.6 Å². The summed E-state index contributed by atoms with van der Waals surface area (Å²) in [5, 5.41) is 0.659. The van der Waals surface area contributed by atoms with Crippen LogP contribution in [0.4, 0.5) is 4.39 Å². The van der Waals surface area contributed by atoms with Gasteiger partial charge in [-0.3, -0.25) is 0 Å². The first-order valence-electron chi connectivity index (χ1n) is 5.35. The van der Waals surface area contributed by atoms with Gasteiger partial charge in [0.05, 0.1) is 6.04 Å². The van der Waals surface area contributed by atoms with Crippen molar-refractivity contribution in [3.05, 3.63) is 70.0 Å². The highest BCUT2D eigenvalue weighted by Gasteiger charge is 2.14. The number of nitrogens with two attached hydrogens (primary N) is 1. The van der Waals surface area contributed by atoms with Crippen LogP contribution in [-0.2, 0) is 0 Å². The molecule has 2 aromatic rings. The average Bonchev–Trinajstić information content (AvgIpc) is 2.29. The molecule has 0 aliphatic carbocycles. The molecular formula is C14H13ClFN. The van der Waals surface area contributed by atoms with E-state index in [0.29, 0.717) is 10.6 Å². The van der Waals surface area contributed by atoms with E-state index < -0.39 is 6.04 Å². The van der Waals surface area contributed by atoms with Crippen molar-refractivity contribution < 1.29 is 4.39 Å². The molecule has 1 unspecified atom stereocenters. The van der Waals surface area contributed by atoms with E-state index in [2.05, 4.69) is 0 Å². The molecule has 3 heteroatoms. The standard InChI is InChI=1S/C14H13ClFN/c1-9-8-10(15)6-7-11(9)14(17)12-4-2-3-5-13(12)16/h2-8,14H,17H2,1H3. The van der Waals surface area contributed by atoms with Gasteiger partial charge in [0, 0.05) is 10.6 Å². The van der Waals surface area contributed by atoms with E-state index in [-0.39, 0.29) is 5.82 Å². The molecule has 0 amide bonds. The predicted molar refractivity (Wildman–Crippen MR) is 68.6 cm³/mol. The highest BCUT2D eigenvalue weighted by molar-refractivity contribution is 6.30. The molecule has 0 bridgehead atoms. The molecule has 0 aliphatic heterocycles. The Morgan fingerprint density at radius 1 is 1.12 bits per heavy atom. The molecule has 0 spiro atoms. The van der Waals surface area contributed by atoms with Crippen LogP contribution in [0.15, 0.2) is 42.5 Å². The lowest BCUT2D eigenvalue weighted by Gasteiger charge is -2.16. The molecule has 0 saturated carbocycles. The van der Waals surface area contributed by atoms with E-state index in [9.17, 15) is 4.39 Å². The third-order valence-electron chi connectivity index (χ3n) is 2.81. The molecule has 0 heterocycles. The molecule has 2 N–H and O–H groups in total. The summed E-state index contributed by atoms with van der Waals surface area (Å²) in [6.45, 7) is 1.92. The summed E-state index contributed by atoms with van der Waals surface area (Å²) in [5.41, 5.74) is 8.44. The summed E-state index contributed by atoms with van der Waals surface area (Å²) in [6, 6.07) is 11.5. The second kappa shape index (κ2) is 4.86. The number of halogens is 2. The first-order chi connectivity index (χ1) is 8.09. The summed E-state index contributed by atoms with van der Waals surface area (Å²) in [6.07, 6.45) is 0. The normalized spacial score (nSPS) is 12.5. The monoisotopic (exact) mass is 249 g/mol. The lowest BCUT2D eigenvalue weighted by atomic mass is 9.95. The molecule has 0 radical (unpaired) electrons. The summed E-state index contributed by atoms with van der Waals surface area (Å²) in [5.74, 6) is -0.283. The molecule has 17 heavy (non-hydrogen) atoms. The Kier molecular flexibility index (Phi) is 3.46. The van der Waals surface area contributed by atoms with Crippen LogP contribution < -0.4 is 5.73 Å². The van der Waals surface area contributed by atoms with E-state index in [0.717, 1.165) is 11.1 Å². The molecule has 1 atom stereocenters. The van der Waals surface area contributed by atoms with Gasteiger partial charge in [0.15, 0.2) is 0 Å². The van der Waals surface area contributed by atoms with Crippen molar-refractivity contribution in [3.8, 4) is 0 Å². The van der Waals surface area contributed by atoms with Crippen LogP contribution in [0.25, 0.3) is 0 Å². The van der Waals surface area contributed by atoms with Gasteiger partial charge in [-0.05, 0) is 36.2 Å². The van der Waals surface area contributed by atoms with E-state index in [1.165, 1.54) is 6.07 Å². The fraction of sp³-hybridized carbons (Fsp3) is 0.143. The highest BCUT2D eigenvalue weighted by atomic mass is 35.5. The minimum absolute atomic E-state index is 0.283. The highest BCUT2D eigenvalue weighted by Crippen LogP contribution is 2.26. The molecule has 2 aromatic carbocycles. The molecule has 88 valence electrons. The van der Waals surface area contributed by atoms with Gasteiger partial charge in [-0.2, -0.15) is 0 Å². The zero-order chi connectivity index (χ0) is 12.4. The van der Waals surface area contributed by atoms with Crippen molar-refractivity contribution in [1.29, 1.82) is 0 Å². The first kappa shape index (κ1) is 12.1. The van der Waals surface area contributed by atoms with Crippen molar-refractivity contribution >= 4 is 11.6 Å². The topological polar surface area (TPSA) is 26.0 Å². The summed E-state index contributed by atoms with van der Waals surface area (Å²) < 4.78 is 13.6. The summed E-state index contributed by atoms with van der Waals surface area (Å²) in [7, 11) is 0. The van der Waals surface area contributed by atoms with Crippen molar-refractivity contribution in [2.45, 2.75) is 13.0 Å². The molecule has 0 saturated heterocycles. The molecule has 1 nitrogen and oxygen atoms in total. The zero-order valence-corrected chi connectivity index (χ0v) is 10.2. The molecule has 2 rings (SSSR count). The van der Waals surface area contributed by atoms with Crippen LogP contribution in [-0.4, -0.2) is 0 Å². The lowest BCUT2D eigenvalue weighted by molar-refractivity contribution is 0.599. The zero-order valence-electron chi connectivity index (χ0n) is 9.45. The van der Waals surface area contributed by atoms with E-state index in [1.54, 1.807) is 24.3 Å². The van der Waals surface area contributed by atoms with Gasteiger partial charge in [0.25, 0.3) is 0 Å². The van der Waals surface area contributed by atoms with Gasteiger partial charge >= 0.3 is 0 Å². The van der Waals surface area contributed by atoms with E-state index in [1.807, 2.05) is 19.1 Å². The number of hydrogen-bond acceptors (Lipinski definition) is 1. The van der Waals surface area contributed by atoms with Gasteiger partial charge in [0.2, 0.25) is 0 Å². The predicted octanol–water partition coefficient (Wildman–Crippen LogP) is 3.84. The average molecular weight is 250 g/mol. The van der Waals surface area contributed by atoms with Crippen molar-refractivity contribution in [3.63, 3.8) is 0 Å². The molecule has 0 fully saturated rings. The fourth-order valence-electron chi connectivity index (χ4n) is 1.88. The Morgan fingerprint density at radius 2 is 1.82 bits per heavy atom. The quantitative estimate of drug-likeness (QED) is 0.860. The van der Waals surface area contributed by atoms with Crippen molar-refractivity contribution in [2.24, 2.45) is 5.73 Å². The fourth-order valence-corrected chi connectivity index (χ4v) is 2.11. The molecule has 0 aromatic heterocycles. The first-order valence-corrected chi connectivity index (χ1v) is 5.73. The number of hydrogen-bond donors (Lipinski definition) is 1.